The number of aliphatic hydroxyl groups excluding tert-OH is 1. The van der Waals surface area contributed by atoms with Crippen molar-refractivity contribution in [2.75, 3.05) is 21.3 Å². The van der Waals surface area contributed by atoms with Crippen LogP contribution in [-0.2, 0) is 0 Å². The lowest BCUT2D eigenvalue weighted by Gasteiger charge is -2.16. The van der Waals surface area contributed by atoms with E-state index in [9.17, 15) is 5.11 Å². The molecule has 0 spiro atoms. The fourth-order valence-electron chi connectivity index (χ4n) is 1.39. The smallest absolute Gasteiger partial charge is 0.147 e. The summed E-state index contributed by atoms with van der Waals surface area (Å²) >= 11 is 0. The summed E-state index contributed by atoms with van der Waals surface area (Å²) in [6.07, 6.45) is 4.11. The Kier molecular flexibility index (Phi) is 4.03. The third-order valence-corrected chi connectivity index (χ3v) is 2.18. The highest BCUT2D eigenvalue weighted by atomic mass is 16.5. The van der Waals surface area contributed by atoms with Crippen molar-refractivity contribution < 1.29 is 19.3 Å². The maximum absolute atomic E-state index is 9.68. The molecule has 4 nitrogen and oxygen atoms in total. The maximum atomic E-state index is 9.68. The monoisotopic (exact) mass is 222 g/mol. The zero-order chi connectivity index (χ0) is 12.1. The summed E-state index contributed by atoms with van der Waals surface area (Å²) in [5.41, 5.74) is 0.424. The highest BCUT2D eigenvalue weighted by Gasteiger charge is 2.18. The van der Waals surface area contributed by atoms with Gasteiger partial charge in [0.25, 0.3) is 0 Å². The lowest BCUT2D eigenvalue weighted by Crippen LogP contribution is -2.02. The second-order valence-corrected chi connectivity index (χ2v) is 3.01. The van der Waals surface area contributed by atoms with Gasteiger partial charge < -0.3 is 19.3 Å². The summed E-state index contributed by atoms with van der Waals surface area (Å²) in [6, 6.07) is 3.27. The van der Waals surface area contributed by atoms with E-state index < -0.39 is 6.10 Å². The van der Waals surface area contributed by atoms with Gasteiger partial charge in [0.05, 0.1) is 26.9 Å². The molecule has 0 aliphatic carbocycles. The van der Waals surface area contributed by atoms with Gasteiger partial charge in [-0.3, -0.25) is 0 Å². The number of terminal acetylenes is 1. The Labute approximate surface area is 94.8 Å². The number of methoxy groups -OCH3 is 3. The number of hydrogen-bond acceptors (Lipinski definition) is 4. The van der Waals surface area contributed by atoms with Crippen LogP contribution in [0.2, 0.25) is 0 Å². The molecule has 86 valence electrons. The van der Waals surface area contributed by atoms with Gasteiger partial charge in [0.1, 0.15) is 23.4 Å². The standard InChI is InChI=1S/C12H14O4/c1-5-9(13)12-10(15-3)6-8(14-2)7-11(12)16-4/h1,6-7,9,13H,2-4H3/t9-/m0/s1. The van der Waals surface area contributed by atoms with Crippen LogP contribution in [0.25, 0.3) is 0 Å². The highest BCUT2D eigenvalue weighted by molar-refractivity contribution is 5.53. The van der Waals surface area contributed by atoms with Crippen molar-refractivity contribution in [3.63, 3.8) is 0 Å². The average molecular weight is 222 g/mol. The van der Waals surface area contributed by atoms with Crippen molar-refractivity contribution in [1.29, 1.82) is 0 Å². The zero-order valence-electron chi connectivity index (χ0n) is 9.48. The molecule has 0 saturated heterocycles. The summed E-state index contributed by atoms with van der Waals surface area (Å²) in [7, 11) is 4.51. The van der Waals surface area contributed by atoms with E-state index in [1.54, 1.807) is 12.1 Å². The highest BCUT2D eigenvalue weighted by Crippen LogP contribution is 2.37. The van der Waals surface area contributed by atoms with Crippen molar-refractivity contribution in [3.05, 3.63) is 17.7 Å². The summed E-state index contributed by atoms with van der Waals surface area (Å²) in [5, 5.41) is 9.68. The Hall–Kier alpha value is -1.86. The molecule has 0 aromatic heterocycles. The Balaban J connectivity index is 3.38. The molecule has 0 saturated carbocycles. The molecular weight excluding hydrogens is 208 g/mol. The molecule has 16 heavy (non-hydrogen) atoms. The van der Waals surface area contributed by atoms with Crippen LogP contribution in [0.4, 0.5) is 0 Å². The minimum atomic E-state index is -1.07. The van der Waals surface area contributed by atoms with Gasteiger partial charge in [0.15, 0.2) is 0 Å². The third-order valence-electron chi connectivity index (χ3n) is 2.18. The van der Waals surface area contributed by atoms with Crippen molar-refractivity contribution in [3.8, 4) is 29.6 Å². The first-order valence-electron chi connectivity index (χ1n) is 4.62. The van der Waals surface area contributed by atoms with E-state index >= 15 is 0 Å². The fraction of sp³-hybridized carbons (Fsp3) is 0.333. The van der Waals surface area contributed by atoms with Crippen LogP contribution in [0.15, 0.2) is 12.1 Å². The molecule has 0 radical (unpaired) electrons. The van der Waals surface area contributed by atoms with E-state index in [-0.39, 0.29) is 0 Å². The lowest BCUT2D eigenvalue weighted by atomic mass is 10.1. The summed E-state index contributed by atoms with van der Waals surface area (Å²) in [6.45, 7) is 0. The van der Waals surface area contributed by atoms with Gasteiger partial charge in [0, 0.05) is 12.1 Å². The van der Waals surface area contributed by atoms with E-state index in [1.807, 2.05) is 0 Å². The molecule has 0 bridgehead atoms. The van der Waals surface area contributed by atoms with E-state index in [1.165, 1.54) is 21.3 Å². The Morgan fingerprint density at radius 1 is 1.12 bits per heavy atom. The lowest BCUT2D eigenvalue weighted by molar-refractivity contribution is 0.225. The molecule has 0 heterocycles. The molecule has 0 unspecified atom stereocenters. The first-order chi connectivity index (χ1) is 7.67. The van der Waals surface area contributed by atoms with Gasteiger partial charge in [-0.05, 0) is 0 Å². The van der Waals surface area contributed by atoms with Gasteiger partial charge in [0.2, 0.25) is 0 Å². The molecule has 0 fully saturated rings. The topological polar surface area (TPSA) is 47.9 Å². The molecule has 1 N–H and O–H groups in total. The predicted octanol–water partition coefficient (Wildman–Crippen LogP) is 1.38. The van der Waals surface area contributed by atoms with Gasteiger partial charge in [-0.2, -0.15) is 0 Å². The first kappa shape index (κ1) is 12.2. The number of hydrogen-bond donors (Lipinski definition) is 1. The van der Waals surface area contributed by atoms with Crippen LogP contribution in [-0.4, -0.2) is 26.4 Å². The van der Waals surface area contributed by atoms with Crippen molar-refractivity contribution in [1.82, 2.24) is 0 Å². The van der Waals surface area contributed by atoms with Crippen LogP contribution in [0.5, 0.6) is 17.2 Å². The molecule has 0 aliphatic heterocycles. The van der Waals surface area contributed by atoms with Gasteiger partial charge in [-0.25, -0.2) is 0 Å². The number of aliphatic hydroxyl groups is 1. The Morgan fingerprint density at radius 3 is 1.94 bits per heavy atom. The van der Waals surface area contributed by atoms with Crippen LogP contribution >= 0.6 is 0 Å². The maximum Gasteiger partial charge on any atom is 0.147 e. The molecule has 1 rings (SSSR count). The minimum absolute atomic E-state index is 0.424. The minimum Gasteiger partial charge on any atom is -0.496 e. The van der Waals surface area contributed by atoms with Crippen molar-refractivity contribution in [2.45, 2.75) is 6.10 Å². The molecule has 0 amide bonds. The summed E-state index contributed by atoms with van der Waals surface area (Å²) in [5.74, 6) is 3.66. The molecule has 1 aromatic rings. The number of rotatable bonds is 4. The zero-order valence-corrected chi connectivity index (χ0v) is 9.48. The SMILES string of the molecule is C#C[C@H](O)c1c(OC)cc(OC)cc1OC. The fourth-order valence-corrected chi connectivity index (χ4v) is 1.39. The third kappa shape index (κ3) is 2.20. The first-order valence-corrected chi connectivity index (χ1v) is 4.62. The Morgan fingerprint density at radius 2 is 1.62 bits per heavy atom. The molecule has 1 atom stereocenters. The van der Waals surface area contributed by atoms with E-state index in [2.05, 4.69) is 5.92 Å². The summed E-state index contributed by atoms with van der Waals surface area (Å²) < 4.78 is 15.3. The van der Waals surface area contributed by atoms with E-state index in [0.717, 1.165) is 0 Å². The van der Waals surface area contributed by atoms with Gasteiger partial charge in [-0.1, -0.05) is 5.92 Å². The van der Waals surface area contributed by atoms with Gasteiger partial charge >= 0.3 is 0 Å². The molecule has 1 aromatic carbocycles. The number of ether oxygens (including phenoxy) is 3. The van der Waals surface area contributed by atoms with Crippen molar-refractivity contribution in [2.24, 2.45) is 0 Å². The van der Waals surface area contributed by atoms with Crippen LogP contribution in [0.1, 0.15) is 11.7 Å². The average Bonchev–Trinajstić information content (AvgIpc) is 2.35. The van der Waals surface area contributed by atoms with Crippen LogP contribution < -0.4 is 14.2 Å². The summed E-state index contributed by atoms with van der Waals surface area (Å²) in [4.78, 5) is 0. The second kappa shape index (κ2) is 5.29. The largest absolute Gasteiger partial charge is 0.496 e. The Bertz CT molecular complexity index is 381. The normalized spacial score (nSPS) is 11.4. The quantitative estimate of drug-likeness (QED) is 0.782. The molecule has 4 heteroatoms. The number of benzene rings is 1. The van der Waals surface area contributed by atoms with E-state index in [0.29, 0.717) is 22.8 Å². The van der Waals surface area contributed by atoms with Crippen LogP contribution in [0.3, 0.4) is 0 Å². The predicted molar refractivity (Wildman–Crippen MR) is 59.9 cm³/mol. The molecular formula is C12H14O4. The van der Waals surface area contributed by atoms with Gasteiger partial charge in [-0.15, -0.1) is 6.42 Å². The molecule has 0 aliphatic rings. The van der Waals surface area contributed by atoms with Crippen molar-refractivity contribution >= 4 is 0 Å². The van der Waals surface area contributed by atoms with E-state index in [4.69, 9.17) is 20.6 Å². The second-order valence-electron chi connectivity index (χ2n) is 3.01. The van der Waals surface area contributed by atoms with Crippen LogP contribution in [0, 0.1) is 12.3 Å².